The molecule has 1 atom stereocenters. The van der Waals surface area contributed by atoms with E-state index in [1.54, 1.807) is 22.9 Å². The lowest BCUT2D eigenvalue weighted by Crippen LogP contribution is -2.27. The molecule has 0 aliphatic carbocycles. The quantitative estimate of drug-likeness (QED) is 0.400. The smallest absolute Gasteiger partial charge is 0.328 e. The summed E-state index contributed by atoms with van der Waals surface area (Å²) < 4.78 is 12.4. The Balaban J connectivity index is 1.26. The topological polar surface area (TPSA) is 144 Å². The molecule has 178 valence electrons. The van der Waals surface area contributed by atoms with Crippen LogP contribution in [-0.2, 0) is 21.8 Å². The summed E-state index contributed by atoms with van der Waals surface area (Å²) in [4.78, 5) is 28.9. The summed E-state index contributed by atoms with van der Waals surface area (Å²) in [7, 11) is 0. The van der Waals surface area contributed by atoms with Crippen LogP contribution in [0.1, 0.15) is 18.7 Å². The number of imidazole rings is 1. The molecule has 11 heteroatoms. The number of aliphatic hydroxyl groups is 1. The highest BCUT2D eigenvalue weighted by Crippen LogP contribution is 2.27. The summed E-state index contributed by atoms with van der Waals surface area (Å²) in [5.74, 6) is -0.699. The Morgan fingerprint density at radius 1 is 1.11 bits per heavy atom. The van der Waals surface area contributed by atoms with Crippen molar-refractivity contribution in [1.29, 1.82) is 0 Å². The third kappa shape index (κ3) is 4.04. The van der Waals surface area contributed by atoms with Crippen LogP contribution in [0.2, 0.25) is 0 Å². The molecular formula is C24H23N7O4. The zero-order valence-corrected chi connectivity index (χ0v) is 18.7. The van der Waals surface area contributed by atoms with E-state index in [0.29, 0.717) is 35.3 Å². The van der Waals surface area contributed by atoms with Crippen LogP contribution in [0.25, 0.3) is 33.9 Å². The van der Waals surface area contributed by atoms with Crippen molar-refractivity contribution in [2.24, 2.45) is 5.92 Å². The lowest BCUT2D eigenvalue weighted by molar-refractivity contribution is -0.141. The molecule has 6 rings (SSSR count). The number of allylic oxidation sites excluding steroid dienone is 2. The van der Waals surface area contributed by atoms with Crippen LogP contribution in [0.5, 0.6) is 0 Å². The number of hydrogen-bond acceptors (Lipinski definition) is 8. The van der Waals surface area contributed by atoms with Crippen LogP contribution < -0.4 is 5.69 Å². The fourth-order valence-corrected chi connectivity index (χ4v) is 4.31. The minimum absolute atomic E-state index is 0.184. The first-order valence-electron chi connectivity index (χ1n) is 11.4. The van der Waals surface area contributed by atoms with E-state index in [4.69, 9.17) is 14.5 Å². The van der Waals surface area contributed by atoms with Crippen LogP contribution in [0.3, 0.4) is 0 Å². The molecule has 1 fully saturated rings. The van der Waals surface area contributed by atoms with E-state index in [-0.39, 0.29) is 11.5 Å². The van der Waals surface area contributed by atoms with Gasteiger partial charge in [0.15, 0.2) is 17.1 Å². The van der Waals surface area contributed by atoms with Crippen LogP contribution in [0, 0.1) is 5.92 Å². The van der Waals surface area contributed by atoms with E-state index in [9.17, 15) is 9.90 Å². The number of fused-ring (bicyclic) bond motifs is 1. The first kappa shape index (κ1) is 21.4. The molecule has 2 aliphatic rings. The lowest BCUT2D eigenvalue weighted by atomic mass is 10.0. The van der Waals surface area contributed by atoms with E-state index >= 15 is 0 Å². The van der Waals surface area contributed by atoms with Gasteiger partial charge in [-0.05, 0) is 30.9 Å². The van der Waals surface area contributed by atoms with Gasteiger partial charge in [0.2, 0.25) is 5.82 Å². The Hall–Kier alpha value is -4.09. The van der Waals surface area contributed by atoms with Gasteiger partial charge < -0.3 is 14.6 Å². The predicted octanol–water partition coefficient (Wildman–Crippen LogP) is 2.24. The number of benzene rings is 1. The maximum absolute atomic E-state index is 12.5. The molecule has 5 heterocycles. The van der Waals surface area contributed by atoms with Crippen LogP contribution >= 0.6 is 0 Å². The summed E-state index contributed by atoms with van der Waals surface area (Å²) in [6, 6.07) is 7.51. The fourth-order valence-electron chi connectivity index (χ4n) is 4.31. The molecule has 35 heavy (non-hydrogen) atoms. The highest BCUT2D eigenvalue weighted by Gasteiger charge is 2.33. The number of nitrogens with zero attached hydrogens (tertiary/aromatic N) is 5. The second kappa shape index (κ2) is 8.60. The zero-order valence-electron chi connectivity index (χ0n) is 18.7. The molecular weight excluding hydrogens is 450 g/mol. The van der Waals surface area contributed by atoms with Gasteiger partial charge in [0, 0.05) is 30.9 Å². The molecule has 0 amide bonds. The van der Waals surface area contributed by atoms with Gasteiger partial charge in [-0.2, -0.15) is 5.10 Å². The van der Waals surface area contributed by atoms with E-state index < -0.39 is 5.79 Å². The van der Waals surface area contributed by atoms with E-state index in [2.05, 4.69) is 25.1 Å². The molecule has 3 N–H and O–H groups in total. The monoisotopic (exact) mass is 473 g/mol. The van der Waals surface area contributed by atoms with Crippen molar-refractivity contribution in [2.45, 2.75) is 25.2 Å². The standard InChI is InChI=1S/C24H23N7O4/c32-23-28-20-21(31(23)14-15-7-11-34-12-8-15)26-18(13-25-20)16-3-5-17(6-4-16)19-27-22(30-29-19)24(33)9-1-2-10-35-24/h1-6,9-10,13,15,33H,7-8,11-12,14H2,(H,25,28,32)(H,27,29,30). The first-order valence-corrected chi connectivity index (χ1v) is 11.4. The highest BCUT2D eigenvalue weighted by molar-refractivity contribution is 5.72. The van der Waals surface area contributed by atoms with E-state index in [1.165, 1.54) is 12.3 Å². The van der Waals surface area contributed by atoms with Gasteiger partial charge in [0.25, 0.3) is 5.79 Å². The van der Waals surface area contributed by atoms with Gasteiger partial charge >= 0.3 is 5.69 Å². The molecule has 1 unspecified atom stereocenters. The van der Waals surface area contributed by atoms with Crippen molar-refractivity contribution in [3.05, 3.63) is 71.3 Å². The third-order valence-corrected chi connectivity index (χ3v) is 6.28. The van der Waals surface area contributed by atoms with Crippen molar-refractivity contribution in [1.82, 2.24) is 34.7 Å². The van der Waals surface area contributed by atoms with Gasteiger partial charge in [-0.1, -0.05) is 30.3 Å². The summed E-state index contributed by atoms with van der Waals surface area (Å²) in [5, 5.41) is 17.5. The predicted molar refractivity (Wildman–Crippen MR) is 126 cm³/mol. The van der Waals surface area contributed by atoms with E-state index in [1.807, 2.05) is 24.3 Å². The minimum Gasteiger partial charge on any atom is -0.459 e. The summed E-state index contributed by atoms with van der Waals surface area (Å²) in [6.07, 6.45) is 9.71. The van der Waals surface area contributed by atoms with Gasteiger partial charge in [0.1, 0.15) is 0 Å². The number of H-pyrrole nitrogens is 2. The summed E-state index contributed by atoms with van der Waals surface area (Å²) in [5.41, 5.74) is 3.07. The van der Waals surface area contributed by atoms with Crippen LogP contribution in [0.4, 0.5) is 0 Å². The molecule has 0 bridgehead atoms. The molecule has 2 aliphatic heterocycles. The number of nitrogens with one attached hydrogen (secondary N) is 2. The Bertz CT molecular complexity index is 1480. The van der Waals surface area contributed by atoms with E-state index in [0.717, 1.165) is 37.2 Å². The largest absolute Gasteiger partial charge is 0.459 e. The Morgan fingerprint density at radius 2 is 1.91 bits per heavy atom. The fraction of sp³-hybridized carbons (Fsp3) is 0.292. The average Bonchev–Trinajstić information content (AvgIpc) is 3.51. The second-order valence-electron chi connectivity index (χ2n) is 8.61. The number of hydrogen-bond donors (Lipinski definition) is 3. The van der Waals surface area contributed by atoms with Crippen molar-refractivity contribution in [2.75, 3.05) is 13.2 Å². The maximum atomic E-state index is 12.5. The third-order valence-electron chi connectivity index (χ3n) is 6.28. The molecule has 1 saturated heterocycles. The summed E-state index contributed by atoms with van der Waals surface area (Å²) >= 11 is 0. The molecule has 0 saturated carbocycles. The molecule has 0 spiro atoms. The number of aromatic nitrogens is 7. The molecule has 0 radical (unpaired) electrons. The Kier molecular flexibility index (Phi) is 5.27. The summed E-state index contributed by atoms with van der Waals surface area (Å²) in [6.45, 7) is 2.03. The maximum Gasteiger partial charge on any atom is 0.328 e. The first-order chi connectivity index (χ1) is 17.1. The average molecular weight is 473 g/mol. The lowest BCUT2D eigenvalue weighted by Gasteiger charge is -2.22. The van der Waals surface area contributed by atoms with Crippen molar-refractivity contribution >= 4 is 11.3 Å². The molecule has 11 nitrogen and oxygen atoms in total. The zero-order chi connectivity index (χ0) is 23.8. The second-order valence-corrected chi connectivity index (χ2v) is 8.61. The number of ether oxygens (including phenoxy) is 2. The van der Waals surface area contributed by atoms with Gasteiger partial charge in [0.05, 0.1) is 18.2 Å². The minimum atomic E-state index is -1.68. The van der Waals surface area contributed by atoms with Gasteiger partial charge in [-0.3, -0.25) is 14.6 Å². The molecule has 4 aromatic rings. The number of aromatic amines is 2. The van der Waals surface area contributed by atoms with Crippen LogP contribution in [-0.4, -0.2) is 53.0 Å². The normalized spacial score (nSPS) is 20.4. The van der Waals surface area contributed by atoms with Crippen molar-refractivity contribution in [3.8, 4) is 22.6 Å². The van der Waals surface area contributed by atoms with Crippen molar-refractivity contribution < 1.29 is 14.6 Å². The SMILES string of the molecule is O=c1[nH]c2ncc(-c3ccc(-c4n[nH]c(C5(O)C=CC=CO5)n4)cc3)nc2n1CC1CCOCC1. The Morgan fingerprint density at radius 3 is 2.69 bits per heavy atom. The Labute approximate surface area is 199 Å². The molecule has 3 aromatic heterocycles. The van der Waals surface area contributed by atoms with Crippen molar-refractivity contribution in [3.63, 3.8) is 0 Å². The highest BCUT2D eigenvalue weighted by atomic mass is 16.6. The van der Waals surface area contributed by atoms with Gasteiger partial charge in [-0.15, -0.1) is 0 Å². The van der Waals surface area contributed by atoms with Gasteiger partial charge in [-0.25, -0.2) is 19.7 Å². The number of rotatable bonds is 5. The molecule has 1 aromatic carbocycles. The van der Waals surface area contributed by atoms with Crippen LogP contribution in [0.15, 0.2) is 59.7 Å².